The third-order valence-corrected chi connectivity index (χ3v) is 3.54. The zero-order valence-electron chi connectivity index (χ0n) is 8.58. The van der Waals surface area contributed by atoms with Gasteiger partial charge in [-0.05, 0) is 26.1 Å². The molecule has 0 saturated carbocycles. The van der Waals surface area contributed by atoms with Crippen molar-refractivity contribution in [3.05, 3.63) is 23.3 Å². The Morgan fingerprint density at radius 2 is 2.43 bits per heavy atom. The minimum absolute atomic E-state index is 0.245. The molecule has 14 heavy (non-hydrogen) atoms. The Kier molecular flexibility index (Phi) is 3.03. The number of rotatable bonds is 2. The number of hydrogen-bond donors (Lipinski definition) is 1. The second kappa shape index (κ2) is 4.28. The molecule has 1 aliphatic rings. The van der Waals surface area contributed by atoms with E-state index in [0.717, 1.165) is 18.0 Å². The highest BCUT2D eigenvalue weighted by molar-refractivity contribution is 7.98. The molecule has 0 amide bonds. The molecule has 0 aliphatic carbocycles. The lowest BCUT2D eigenvalue weighted by Gasteiger charge is -2.16. The number of nitrogens with one attached hydrogen (secondary N) is 1. The second-order valence-corrected chi connectivity index (χ2v) is 4.62. The summed E-state index contributed by atoms with van der Waals surface area (Å²) >= 11 is 1.96. The van der Waals surface area contributed by atoms with Crippen LogP contribution in [0, 0.1) is 0 Å². The van der Waals surface area contributed by atoms with E-state index in [0.29, 0.717) is 0 Å². The van der Waals surface area contributed by atoms with Gasteiger partial charge >= 0.3 is 0 Å². The van der Waals surface area contributed by atoms with Crippen molar-refractivity contribution in [1.29, 1.82) is 0 Å². The molecule has 1 N–H and O–H groups in total. The van der Waals surface area contributed by atoms with Crippen LogP contribution in [0.3, 0.4) is 0 Å². The van der Waals surface area contributed by atoms with E-state index in [9.17, 15) is 0 Å². The van der Waals surface area contributed by atoms with Gasteiger partial charge in [0.25, 0.3) is 0 Å². The average molecular weight is 209 g/mol. The summed E-state index contributed by atoms with van der Waals surface area (Å²) in [6, 6.07) is 0.245. The van der Waals surface area contributed by atoms with Crippen molar-refractivity contribution >= 4 is 11.8 Å². The Morgan fingerprint density at radius 3 is 3.21 bits per heavy atom. The molecule has 1 aromatic rings. The molecule has 0 saturated heterocycles. The fourth-order valence-corrected chi connectivity index (χ4v) is 2.43. The largest absolute Gasteiger partial charge is 0.311 e. The Balaban J connectivity index is 2.29. The Hall–Kier alpha value is -0.610. The maximum absolute atomic E-state index is 4.60. The van der Waals surface area contributed by atoms with Gasteiger partial charge in [-0.25, -0.2) is 9.97 Å². The van der Waals surface area contributed by atoms with E-state index in [1.807, 2.05) is 25.0 Å². The van der Waals surface area contributed by atoms with Crippen molar-refractivity contribution in [1.82, 2.24) is 15.3 Å². The fourth-order valence-electron chi connectivity index (χ4n) is 1.48. The number of nitrogens with zero attached hydrogens (tertiary/aromatic N) is 2. The fraction of sp³-hybridized carbons (Fsp3) is 0.600. The second-order valence-electron chi connectivity index (χ2n) is 3.51. The van der Waals surface area contributed by atoms with Crippen molar-refractivity contribution in [3.63, 3.8) is 0 Å². The van der Waals surface area contributed by atoms with Crippen LogP contribution in [-0.4, -0.2) is 22.8 Å². The predicted octanol–water partition coefficient (Wildman–Crippen LogP) is 1.55. The van der Waals surface area contributed by atoms with E-state index in [1.54, 1.807) is 0 Å². The first kappa shape index (κ1) is 9.93. The number of fused-ring (bicyclic) bond motifs is 1. The first-order chi connectivity index (χ1) is 6.81. The number of aryl methyl sites for hydroxylation is 1. The summed E-state index contributed by atoms with van der Waals surface area (Å²) in [5, 5.41) is 3.16. The van der Waals surface area contributed by atoms with Gasteiger partial charge in [0.2, 0.25) is 0 Å². The highest BCUT2D eigenvalue weighted by atomic mass is 32.2. The topological polar surface area (TPSA) is 37.8 Å². The van der Waals surface area contributed by atoms with Gasteiger partial charge in [0.15, 0.2) is 0 Å². The molecule has 2 rings (SSSR count). The molecular formula is C10H15N3S. The van der Waals surface area contributed by atoms with Gasteiger partial charge < -0.3 is 5.32 Å². The third-order valence-electron chi connectivity index (χ3n) is 2.53. The molecule has 1 atom stereocenters. The zero-order valence-corrected chi connectivity index (χ0v) is 9.40. The molecule has 2 heterocycles. The van der Waals surface area contributed by atoms with E-state index in [-0.39, 0.29) is 6.04 Å². The predicted molar refractivity (Wildman–Crippen MR) is 59.4 cm³/mol. The summed E-state index contributed by atoms with van der Waals surface area (Å²) in [7, 11) is 1.93. The Labute approximate surface area is 88.7 Å². The van der Waals surface area contributed by atoms with Crippen molar-refractivity contribution in [2.75, 3.05) is 12.8 Å². The molecule has 0 fully saturated rings. The highest BCUT2D eigenvalue weighted by Gasteiger charge is 2.14. The summed E-state index contributed by atoms with van der Waals surface area (Å²) in [6.45, 7) is 2.08. The van der Waals surface area contributed by atoms with Crippen LogP contribution in [0.15, 0.2) is 6.20 Å². The number of thioether (sulfide) groups is 1. The lowest BCUT2D eigenvalue weighted by Crippen LogP contribution is -2.18. The minimum Gasteiger partial charge on any atom is -0.311 e. The molecule has 0 radical (unpaired) electrons. The van der Waals surface area contributed by atoms with Gasteiger partial charge in [0, 0.05) is 23.2 Å². The molecule has 0 spiro atoms. The minimum atomic E-state index is 0.245. The van der Waals surface area contributed by atoms with E-state index >= 15 is 0 Å². The van der Waals surface area contributed by atoms with Gasteiger partial charge in [-0.2, -0.15) is 11.8 Å². The van der Waals surface area contributed by atoms with Crippen LogP contribution in [0.1, 0.15) is 30.0 Å². The summed E-state index contributed by atoms with van der Waals surface area (Å²) in [4.78, 5) is 8.97. The average Bonchev–Trinajstić information content (AvgIpc) is 2.27. The molecule has 0 aromatic carbocycles. The van der Waals surface area contributed by atoms with Crippen LogP contribution in [0.4, 0.5) is 0 Å². The van der Waals surface area contributed by atoms with Crippen molar-refractivity contribution < 1.29 is 0 Å². The van der Waals surface area contributed by atoms with Crippen LogP contribution < -0.4 is 5.32 Å². The monoisotopic (exact) mass is 209 g/mol. The summed E-state index contributed by atoms with van der Waals surface area (Å²) in [5.74, 6) is 3.18. The van der Waals surface area contributed by atoms with E-state index in [1.165, 1.54) is 17.0 Å². The first-order valence-corrected chi connectivity index (χ1v) is 6.06. The van der Waals surface area contributed by atoms with Gasteiger partial charge in [-0.15, -0.1) is 0 Å². The third kappa shape index (κ3) is 1.91. The summed E-state index contributed by atoms with van der Waals surface area (Å²) in [5.41, 5.74) is 2.56. The van der Waals surface area contributed by atoms with Crippen molar-refractivity contribution in [2.24, 2.45) is 0 Å². The Bertz CT molecular complexity index is 327. The summed E-state index contributed by atoms with van der Waals surface area (Å²) < 4.78 is 0. The van der Waals surface area contributed by atoms with Crippen LogP contribution >= 0.6 is 11.8 Å². The van der Waals surface area contributed by atoms with Crippen LogP contribution in [0.25, 0.3) is 0 Å². The van der Waals surface area contributed by atoms with Gasteiger partial charge in [-0.1, -0.05) is 0 Å². The van der Waals surface area contributed by atoms with Crippen LogP contribution in [0.5, 0.6) is 0 Å². The molecule has 1 aliphatic heterocycles. The molecule has 1 unspecified atom stereocenters. The van der Waals surface area contributed by atoms with Crippen molar-refractivity contribution in [2.45, 2.75) is 25.1 Å². The molecular weight excluding hydrogens is 194 g/mol. The normalized spacial score (nSPS) is 17.6. The summed E-state index contributed by atoms with van der Waals surface area (Å²) in [6.07, 6.45) is 3.07. The number of aromatic nitrogens is 2. The smallest absolute Gasteiger partial charge is 0.145 e. The molecule has 0 bridgehead atoms. The quantitative estimate of drug-likeness (QED) is 0.802. The van der Waals surface area contributed by atoms with Gasteiger partial charge in [-0.3, -0.25) is 0 Å². The standard InChI is InChI=1S/C10H15N3S/c1-7(11-2)10-12-5-8-6-14-4-3-9(8)13-10/h5,7,11H,3-4,6H2,1-2H3. The maximum atomic E-state index is 4.60. The van der Waals surface area contributed by atoms with E-state index in [2.05, 4.69) is 22.2 Å². The van der Waals surface area contributed by atoms with Crippen LogP contribution in [-0.2, 0) is 12.2 Å². The lowest BCUT2D eigenvalue weighted by molar-refractivity contribution is 0.604. The molecule has 3 nitrogen and oxygen atoms in total. The van der Waals surface area contributed by atoms with E-state index in [4.69, 9.17) is 0 Å². The zero-order chi connectivity index (χ0) is 9.97. The van der Waals surface area contributed by atoms with E-state index < -0.39 is 0 Å². The maximum Gasteiger partial charge on any atom is 0.145 e. The Morgan fingerprint density at radius 1 is 1.57 bits per heavy atom. The van der Waals surface area contributed by atoms with Gasteiger partial charge in [0.1, 0.15) is 5.82 Å². The first-order valence-electron chi connectivity index (χ1n) is 4.91. The van der Waals surface area contributed by atoms with Crippen molar-refractivity contribution in [3.8, 4) is 0 Å². The lowest BCUT2D eigenvalue weighted by atomic mass is 10.2. The molecule has 4 heteroatoms. The SMILES string of the molecule is CNC(C)c1ncc2c(n1)CCSC2. The molecule has 76 valence electrons. The van der Waals surface area contributed by atoms with Crippen LogP contribution in [0.2, 0.25) is 0 Å². The van der Waals surface area contributed by atoms with Gasteiger partial charge in [0.05, 0.1) is 6.04 Å². The highest BCUT2D eigenvalue weighted by Crippen LogP contribution is 2.23. The molecule has 1 aromatic heterocycles. The number of hydrogen-bond acceptors (Lipinski definition) is 4.